The molecule has 0 heterocycles. The van der Waals surface area contributed by atoms with Crippen LogP contribution < -0.4 is 0 Å². The van der Waals surface area contributed by atoms with Gasteiger partial charge in [0, 0.05) is 0 Å². The summed E-state index contributed by atoms with van der Waals surface area (Å²) in [7, 11) is 0. The van der Waals surface area contributed by atoms with Gasteiger partial charge in [0.1, 0.15) is 0 Å². The van der Waals surface area contributed by atoms with E-state index in [0.717, 1.165) is 0 Å². The molecule has 0 aromatic carbocycles. The molecule has 0 aliphatic carbocycles. The summed E-state index contributed by atoms with van der Waals surface area (Å²) in [5.74, 6) is 0. The van der Waals surface area contributed by atoms with Crippen molar-refractivity contribution in [1.29, 1.82) is 0 Å². The van der Waals surface area contributed by atoms with Gasteiger partial charge in [0.25, 0.3) is 0 Å². The van der Waals surface area contributed by atoms with Crippen molar-refractivity contribution in [3.05, 3.63) is 0 Å². The summed E-state index contributed by atoms with van der Waals surface area (Å²) in [6.07, 6.45) is 0. The van der Waals surface area contributed by atoms with Crippen molar-refractivity contribution in [2.24, 2.45) is 0 Å². The van der Waals surface area contributed by atoms with Crippen LogP contribution in [0.5, 0.6) is 0 Å². The Morgan fingerprint density at radius 1 is 1.17 bits per heavy atom. The van der Waals surface area contributed by atoms with Crippen LogP contribution in [0.25, 0.3) is 0 Å². The van der Waals surface area contributed by atoms with Crippen LogP contribution in [0.4, 0.5) is 0 Å². The van der Waals surface area contributed by atoms with Crippen LogP contribution in [-0.4, -0.2) is 79.5 Å². The average Bonchev–Trinajstić information content (AvgIpc) is 0.811. The van der Waals surface area contributed by atoms with Gasteiger partial charge < -0.3 is 0 Å². The predicted molar refractivity (Wildman–Crippen MR) is 20.7 cm³/mol. The molecule has 0 spiro atoms. The summed E-state index contributed by atoms with van der Waals surface area (Å²) in [6.45, 7) is 0. The molecule has 3 nitrogen and oxygen atoms in total. The van der Waals surface area contributed by atoms with Crippen molar-refractivity contribution >= 4 is 75.5 Å². The zero-order valence-corrected chi connectivity index (χ0v) is 3.11. The van der Waals surface area contributed by atoms with Gasteiger partial charge >= 0.3 is 102 Å². The molecule has 0 aliphatic rings. The van der Waals surface area contributed by atoms with Crippen LogP contribution in [0.3, 0.4) is 0 Å². The second-order valence-corrected chi connectivity index (χ2v) is 0.981. The molecule has 0 rings (SSSR count). The fraction of sp³-hybridized carbons (Fsp3) is 0. The van der Waals surface area contributed by atoms with E-state index in [2.05, 4.69) is 0 Å². The van der Waals surface area contributed by atoms with E-state index in [9.17, 15) is 0 Å². The van der Waals surface area contributed by atoms with Gasteiger partial charge in [0.15, 0.2) is 0 Å². The van der Waals surface area contributed by atoms with E-state index in [0.29, 0.717) is 0 Å². The topological polar surface area (TPSA) is 54.4 Å². The summed E-state index contributed by atoms with van der Waals surface area (Å²) in [6, 6.07) is 0. The van der Waals surface area contributed by atoms with Crippen molar-refractivity contribution in [2.75, 3.05) is 0 Å². The van der Waals surface area contributed by atoms with Crippen molar-refractivity contribution < 1.29 is 26.8 Å². The first-order chi connectivity index (χ1) is 1.73. The van der Waals surface area contributed by atoms with Crippen molar-refractivity contribution in [3.63, 3.8) is 0 Å². The Morgan fingerprint density at radius 3 is 1.17 bits per heavy atom. The molecule has 0 aliphatic heterocycles. The fourth-order valence-corrected chi connectivity index (χ4v) is 0. The SMILES string of the molecule is [CaH2].[CaH2].[O]=[V](=[O])[OH]. The molecule has 0 unspecified atom stereocenters. The van der Waals surface area contributed by atoms with Crippen LogP contribution in [0, 0.1) is 0 Å². The molecular weight excluding hydrogens is 179 g/mol. The van der Waals surface area contributed by atoms with Gasteiger partial charge in [-0.1, -0.05) is 0 Å². The molecule has 0 aromatic heterocycles. The molecule has 1 N–H and O–H groups in total. The predicted octanol–water partition coefficient (Wildman–Crippen LogP) is -2.63. The standard InChI is InChI=1S/2Ca.H2O.2O.V.4H/h;;1H2;;;;;;;/q;;;;;+1;;;;/p-1. The Balaban J connectivity index is -0.0000000450. The zero-order valence-electron chi connectivity index (χ0n) is 1.71. The second-order valence-electron chi connectivity index (χ2n) is 0.238. The van der Waals surface area contributed by atoms with Gasteiger partial charge in [-0.3, -0.25) is 0 Å². The first-order valence-corrected chi connectivity index (χ1v) is 2.33. The maximum atomic E-state index is 8.67. The zero-order chi connectivity index (χ0) is 3.58. The van der Waals surface area contributed by atoms with E-state index in [-0.39, 0.29) is 75.5 Å². The molecule has 32 valence electrons. The van der Waals surface area contributed by atoms with Gasteiger partial charge in [-0.2, -0.15) is 0 Å². The average molecular weight is 184 g/mol. The van der Waals surface area contributed by atoms with Gasteiger partial charge in [0.05, 0.1) is 0 Å². The number of rotatable bonds is 0. The van der Waals surface area contributed by atoms with Crippen LogP contribution in [0.2, 0.25) is 0 Å². The van der Waals surface area contributed by atoms with Crippen LogP contribution >= 0.6 is 0 Å². The van der Waals surface area contributed by atoms with E-state index in [1.165, 1.54) is 0 Å². The summed E-state index contributed by atoms with van der Waals surface area (Å²) in [5, 5.41) is 0. The molecule has 0 saturated carbocycles. The van der Waals surface area contributed by atoms with E-state index in [4.69, 9.17) is 11.4 Å². The van der Waals surface area contributed by atoms with E-state index in [1.807, 2.05) is 0 Å². The Bertz CT molecular complexity index is 57.2. The second kappa shape index (κ2) is 10.6. The van der Waals surface area contributed by atoms with Crippen LogP contribution in [0.15, 0.2) is 0 Å². The Kier molecular flexibility index (Phi) is 28.0. The Morgan fingerprint density at radius 2 is 1.17 bits per heavy atom. The molecule has 6 heteroatoms. The molecule has 0 radical (unpaired) electrons. The monoisotopic (exact) mass is 184 g/mol. The van der Waals surface area contributed by atoms with E-state index < -0.39 is 15.4 Å². The molecule has 0 amide bonds. The van der Waals surface area contributed by atoms with Crippen molar-refractivity contribution in [3.8, 4) is 0 Å². The molecule has 0 saturated heterocycles. The minimum atomic E-state index is -3.69. The summed E-state index contributed by atoms with van der Waals surface area (Å²) < 4.78 is 24.4. The third kappa shape index (κ3) is 30.1. The summed E-state index contributed by atoms with van der Waals surface area (Å²) in [5.41, 5.74) is 0. The van der Waals surface area contributed by atoms with Crippen LogP contribution in [-0.2, 0) is 22.7 Å². The normalized spacial score (nSPS) is 4.17. The molecule has 0 fully saturated rings. The number of hydrogen-bond donors (Lipinski definition) is 1. The third-order valence-electron chi connectivity index (χ3n) is 0. The Hall–Kier alpha value is 2.66. The van der Waals surface area contributed by atoms with Crippen molar-refractivity contribution in [1.82, 2.24) is 0 Å². The van der Waals surface area contributed by atoms with Gasteiger partial charge in [-0.15, -0.1) is 0 Å². The summed E-state index contributed by atoms with van der Waals surface area (Å²) in [4.78, 5) is 0. The Labute approximate surface area is 99.8 Å². The molecule has 0 bridgehead atoms. The molecule has 6 heavy (non-hydrogen) atoms. The van der Waals surface area contributed by atoms with Gasteiger partial charge in [0.2, 0.25) is 0 Å². The third-order valence-corrected chi connectivity index (χ3v) is 0. The maximum absolute atomic E-state index is 8.67. The fourth-order valence-electron chi connectivity index (χ4n) is 0. The van der Waals surface area contributed by atoms with Gasteiger partial charge in [-0.05, 0) is 0 Å². The van der Waals surface area contributed by atoms with Crippen LogP contribution in [0.1, 0.15) is 0 Å². The summed E-state index contributed by atoms with van der Waals surface area (Å²) >= 11 is -3.69. The molecular formula is H5Ca2O3V. The van der Waals surface area contributed by atoms with Crippen molar-refractivity contribution in [2.45, 2.75) is 0 Å². The minimum absolute atomic E-state index is 0. The van der Waals surface area contributed by atoms with Gasteiger partial charge in [-0.25, -0.2) is 0 Å². The first kappa shape index (κ1) is 15.9. The van der Waals surface area contributed by atoms with E-state index in [1.54, 1.807) is 0 Å². The molecule has 0 atom stereocenters. The molecule has 0 aromatic rings. The first-order valence-electron chi connectivity index (χ1n) is 0.565. The van der Waals surface area contributed by atoms with E-state index >= 15 is 0 Å². The number of hydrogen-bond acceptors (Lipinski definition) is 2. The quantitative estimate of drug-likeness (QED) is 0.419.